The van der Waals surface area contributed by atoms with Crippen LogP contribution in [0, 0.1) is 24.2 Å². The van der Waals surface area contributed by atoms with E-state index in [-0.39, 0.29) is 25.2 Å². The van der Waals surface area contributed by atoms with E-state index in [0.29, 0.717) is 37.9 Å². The Morgan fingerprint density at radius 1 is 1.04 bits per heavy atom. The molecule has 2 heterocycles. The van der Waals surface area contributed by atoms with Gasteiger partial charge in [-0.25, -0.2) is 4.79 Å². The molecule has 5 unspecified atom stereocenters. The molecule has 6 atom stereocenters. The van der Waals surface area contributed by atoms with Crippen LogP contribution in [0.5, 0.6) is 11.5 Å². The van der Waals surface area contributed by atoms with Crippen molar-refractivity contribution in [2.75, 3.05) is 67.0 Å². The minimum absolute atomic E-state index is 0.0505. The molecular formula is C36H55NO9. The highest BCUT2D eigenvalue weighted by molar-refractivity contribution is 5.69. The lowest BCUT2D eigenvalue weighted by atomic mass is 9.54. The number of aliphatic hydroxyl groups is 1. The summed E-state index contributed by atoms with van der Waals surface area (Å²) in [5, 5.41) is 12.1. The number of hydrogen-bond donors (Lipinski definition) is 1. The van der Waals surface area contributed by atoms with Gasteiger partial charge in [-0.2, -0.15) is 0 Å². The fraction of sp³-hybridized carbons (Fsp3) is 0.750. The van der Waals surface area contributed by atoms with Gasteiger partial charge in [0.25, 0.3) is 0 Å². The first kappa shape index (κ1) is 35.1. The van der Waals surface area contributed by atoms with E-state index in [1.165, 1.54) is 18.4 Å². The van der Waals surface area contributed by atoms with Crippen molar-refractivity contribution < 1.29 is 43.1 Å². The number of nitrogens with zero attached hydrogens (tertiary/aromatic N) is 1. The second kappa shape index (κ2) is 14.1. The highest BCUT2D eigenvalue weighted by atomic mass is 16.7. The average molecular weight is 646 g/mol. The molecule has 10 heteroatoms. The summed E-state index contributed by atoms with van der Waals surface area (Å²) in [5.41, 5.74) is 1.39. The lowest BCUT2D eigenvalue weighted by Gasteiger charge is -2.56. The molecule has 1 spiro atoms. The normalized spacial score (nSPS) is 28.8. The highest BCUT2D eigenvalue weighted by Crippen LogP contribution is 2.62. The standard InChI is InChI=1S/C36H55NO9/c1-23-9-12-28(45-33(38)44-20-19-43-18-17-42-16-15-40-7)31-29(23)36-13-14-37(22-25-10-11-25)24(2)26(36)21-27(30(41-8)32(36)46-31)35(6,39)34(3,4)5/h9,12,21,24-25,27,30,32,39H,10-11,13-20,22H2,1-8H3/t24?,27?,30?,32-,35?,36?/m0/s1. The molecule has 4 aliphatic rings. The summed E-state index contributed by atoms with van der Waals surface area (Å²) in [6.07, 6.45) is 4.09. The maximum atomic E-state index is 12.8. The Hall–Kier alpha value is -2.21. The predicted molar refractivity (Wildman–Crippen MR) is 174 cm³/mol. The van der Waals surface area contributed by atoms with Crippen LogP contribution < -0.4 is 9.47 Å². The smallest absolute Gasteiger partial charge is 0.482 e. The zero-order valence-corrected chi connectivity index (χ0v) is 29.1. The molecule has 2 aliphatic carbocycles. The highest BCUT2D eigenvalue weighted by Gasteiger charge is 2.65. The van der Waals surface area contributed by atoms with Gasteiger partial charge >= 0.3 is 6.16 Å². The minimum atomic E-state index is -1.08. The van der Waals surface area contributed by atoms with Gasteiger partial charge in [-0.1, -0.05) is 32.9 Å². The van der Waals surface area contributed by atoms with E-state index in [2.05, 4.69) is 45.6 Å². The number of aryl methyl sites for hydroxylation is 1. The number of methoxy groups -OCH3 is 2. The molecule has 2 fully saturated rings. The molecule has 1 saturated carbocycles. The molecule has 1 N–H and O–H groups in total. The number of ether oxygens (including phenoxy) is 7. The molecule has 5 rings (SSSR count). The number of carbonyl (C=O) groups excluding carboxylic acids is 1. The summed E-state index contributed by atoms with van der Waals surface area (Å²) >= 11 is 0. The van der Waals surface area contributed by atoms with Crippen LogP contribution in [0.4, 0.5) is 4.79 Å². The van der Waals surface area contributed by atoms with E-state index in [4.69, 9.17) is 33.2 Å². The second-order valence-electron chi connectivity index (χ2n) is 14.6. The van der Waals surface area contributed by atoms with Crippen molar-refractivity contribution in [3.63, 3.8) is 0 Å². The van der Waals surface area contributed by atoms with Crippen molar-refractivity contribution in [2.45, 2.75) is 90.1 Å². The SMILES string of the molecule is COCCOCCOCCOC(=O)Oc1ccc(C)c2c1O[C@H]1C(OC)C(C(C)(O)C(C)(C)C)C=C3C(C)N(CC4CC4)CCC321. The van der Waals surface area contributed by atoms with Crippen LogP contribution in [-0.2, 0) is 29.1 Å². The first-order chi connectivity index (χ1) is 21.9. The van der Waals surface area contributed by atoms with Gasteiger partial charge in [-0.3, -0.25) is 4.90 Å². The van der Waals surface area contributed by atoms with E-state index >= 15 is 0 Å². The summed E-state index contributed by atoms with van der Waals surface area (Å²) < 4.78 is 40.2. The lowest BCUT2D eigenvalue weighted by molar-refractivity contribution is -0.150. The van der Waals surface area contributed by atoms with Gasteiger partial charge in [0.15, 0.2) is 11.5 Å². The van der Waals surface area contributed by atoms with Gasteiger partial charge in [-0.15, -0.1) is 0 Å². The molecule has 46 heavy (non-hydrogen) atoms. The summed E-state index contributed by atoms with van der Waals surface area (Å²) in [6.45, 7) is 16.6. The molecular weight excluding hydrogens is 590 g/mol. The van der Waals surface area contributed by atoms with Gasteiger partial charge in [0, 0.05) is 44.8 Å². The zero-order chi connectivity index (χ0) is 33.3. The summed E-state index contributed by atoms with van der Waals surface area (Å²) in [4.78, 5) is 15.4. The van der Waals surface area contributed by atoms with Gasteiger partial charge in [-0.05, 0) is 68.6 Å². The first-order valence-electron chi connectivity index (χ1n) is 16.9. The van der Waals surface area contributed by atoms with Crippen LogP contribution in [-0.4, -0.2) is 107 Å². The summed E-state index contributed by atoms with van der Waals surface area (Å²) in [7, 11) is 3.33. The Labute approximate surface area is 274 Å². The Morgan fingerprint density at radius 2 is 1.72 bits per heavy atom. The molecule has 1 aromatic rings. The largest absolute Gasteiger partial charge is 0.514 e. The van der Waals surface area contributed by atoms with Crippen molar-refractivity contribution in [3.8, 4) is 11.5 Å². The number of rotatable bonds is 14. The third kappa shape index (κ3) is 6.71. The van der Waals surface area contributed by atoms with Crippen molar-refractivity contribution in [3.05, 3.63) is 34.9 Å². The fourth-order valence-electron chi connectivity index (χ4n) is 7.60. The summed E-state index contributed by atoms with van der Waals surface area (Å²) in [6, 6.07) is 3.92. The lowest BCUT2D eigenvalue weighted by Crippen LogP contribution is -2.65. The molecule has 258 valence electrons. The van der Waals surface area contributed by atoms with E-state index in [9.17, 15) is 9.90 Å². The molecule has 0 radical (unpaired) electrons. The molecule has 1 saturated heterocycles. The van der Waals surface area contributed by atoms with Crippen LogP contribution in [0.1, 0.15) is 65.0 Å². The van der Waals surface area contributed by atoms with Gasteiger partial charge in [0.2, 0.25) is 0 Å². The number of likely N-dealkylation sites (tertiary alicyclic amines) is 1. The maximum Gasteiger partial charge on any atom is 0.514 e. The molecule has 0 aromatic heterocycles. The maximum absolute atomic E-state index is 12.8. The van der Waals surface area contributed by atoms with Gasteiger partial charge in [0.1, 0.15) is 18.8 Å². The average Bonchev–Trinajstić information content (AvgIpc) is 3.75. The Morgan fingerprint density at radius 3 is 2.35 bits per heavy atom. The second-order valence-corrected chi connectivity index (χ2v) is 14.6. The Bertz CT molecular complexity index is 1250. The van der Waals surface area contributed by atoms with E-state index in [1.54, 1.807) is 20.3 Å². The molecule has 1 aromatic carbocycles. The fourth-order valence-corrected chi connectivity index (χ4v) is 7.60. The first-order valence-corrected chi connectivity index (χ1v) is 16.9. The molecule has 10 nitrogen and oxygen atoms in total. The van der Waals surface area contributed by atoms with Crippen LogP contribution in [0.15, 0.2) is 23.8 Å². The third-order valence-electron chi connectivity index (χ3n) is 10.9. The van der Waals surface area contributed by atoms with Crippen molar-refractivity contribution in [1.29, 1.82) is 0 Å². The molecule has 2 aliphatic heterocycles. The van der Waals surface area contributed by atoms with Crippen molar-refractivity contribution in [2.24, 2.45) is 17.3 Å². The van der Waals surface area contributed by atoms with Crippen LogP contribution in [0.2, 0.25) is 0 Å². The van der Waals surface area contributed by atoms with E-state index < -0.39 is 34.8 Å². The van der Waals surface area contributed by atoms with E-state index in [1.807, 2.05) is 13.0 Å². The zero-order valence-electron chi connectivity index (χ0n) is 29.1. The topological polar surface area (TPSA) is 105 Å². The quantitative estimate of drug-likeness (QED) is 0.128. The van der Waals surface area contributed by atoms with Crippen molar-refractivity contribution in [1.82, 2.24) is 4.90 Å². The van der Waals surface area contributed by atoms with Crippen molar-refractivity contribution >= 4 is 6.16 Å². The number of piperidine rings is 1. The Balaban J connectivity index is 1.40. The molecule has 0 bridgehead atoms. The number of benzene rings is 1. The van der Waals surface area contributed by atoms with E-state index in [0.717, 1.165) is 36.6 Å². The number of carbonyl (C=O) groups is 1. The Kier molecular flexibility index (Phi) is 10.8. The van der Waals surface area contributed by atoms with Gasteiger partial charge in [0.05, 0.1) is 44.1 Å². The number of fused-ring (bicyclic) bond motifs is 1. The minimum Gasteiger partial charge on any atom is -0.482 e. The molecule has 0 amide bonds. The van der Waals surface area contributed by atoms with Crippen LogP contribution >= 0.6 is 0 Å². The monoisotopic (exact) mass is 645 g/mol. The van der Waals surface area contributed by atoms with Crippen LogP contribution in [0.25, 0.3) is 0 Å². The third-order valence-corrected chi connectivity index (χ3v) is 10.9. The predicted octanol–water partition coefficient (Wildman–Crippen LogP) is 5.06. The van der Waals surface area contributed by atoms with Crippen LogP contribution in [0.3, 0.4) is 0 Å². The number of hydrogen-bond acceptors (Lipinski definition) is 10. The van der Waals surface area contributed by atoms with Gasteiger partial charge < -0.3 is 38.3 Å². The summed E-state index contributed by atoms with van der Waals surface area (Å²) in [5.74, 6) is 1.32.